The molecule has 27 nitrogen and oxygen atoms in total. The minimum absolute atomic E-state index is 0.000212. The van der Waals surface area contributed by atoms with Crippen LogP contribution in [0.3, 0.4) is 0 Å². The van der Waals surface area contributed by atoms with E-state index in [0.29, 0.717) is 50.1 Å². The Balaban J connectivity index is 0.935. The van der Waals surface area contributed by atoms with Crippen LogP contribution >= 0.6 is 36.7 Å². The van der Waals surface area contributed by atoms with Gasteiger partial charge in [-0.3, -0.25) is 28.8 Å². The number of carboxylic acid groups (broad SMARTS) is 3. The molecule has 0 radical (unpaired) electrons. The Labute approximate surface area is 633 Å². The van der Waals surface area contributed by atoms with E-state index in [0.717, 1.165) is 0 Å². The van der Waals surface area contributed by atoms with Crippen molar-refractivity contribution in [1.29, 1.82) is 0 Å². The van der Waals surface area contributed by atoms with Crippen LogP contribution < -0.4 is 14.2 Å². The molecule has 0 aromatic heterocycles. The van der Waals surface area contributed by atoms with Crippen LogP contribution in [-0.4, -0.2) is 238 Å². The second kappa shape index (κ2) is 36.5. The largest absolute Gasteiger partial charge is 0.481 e. The number of hydrogen-bond donors (Lipinski definition) is 15. The van der Waals surface area contributed by atoms with E-state index in [1.807, 2.05) is 0 Å². The first-order valence-electron chi connectivity index (χ1n) is 34.0. The summed E-state index contributed by atoms with van der Waals surface area (Å²) in [6, 6.07) is 37.2. The summed E-state index contributed by atoms with van der Waals surface area (Å²) >= 11 is 17.9. The first kappa shape index (κ1) is 81.5. The van der Waals surface area contributed by atoms with Crippen molar-refractivity contribution in [2.75, 3.05) is 19.8 Å². The van der Waals surface area contributed by atoms with Gasteiger partial charge in [-0.2, -0.15) is 0 Å². The maximum atomic E-state index is 14.5. The average Bonchev–Trinajstić information content (AvgIpc) is 0.799. The van der Waals surface area contributed by atoms with Crippen molar-refractivity contribution in [2.45, 2.75) is 150 Å². The van der Waals surface area contributed by atoms with Gasteiger partial charge in [0.1, 0.15) is 90.5 Å². The molecule has 15 N–H and O–H groups in total. The zero-order valence-corrected chi connectivity index (χ0v) is 59.8. The Hall–Kier alpha value is -8.97. The molecule has 10 rings (SSSR count). The van der Waals surface area contributed by atoms with Crippen LogP contribution in [0.4, 0.5) is 0 Å². The van der Waals surface area contributed by atoms with E-state index in [1.165, 1.54) is 54.6 Å². The lowest BCUT2D eigenvalue weighted by atomic mass is 9.93. The van der Waals surface area contributed by atoms with Gasteiger partial charge in [0.2, 0.25) is 18.9 Å². The van der Waals surface area contributed by atoms with E-state index in [2.05, 4.69) is 0 Å². The summed E-state index contributed by atoms with van der Waals surface area (Å²) in [6.45, 7) is -2.24. The van der Waals surface area contributed by atoms with Crippen molar-refractivity contribution in [3.63, 3.8) is 0 Å². The van der Waals surface area contributed by atoms with Crippen molar-refractivity contribution in [3.8, 4) is 50.6 Å². The molecule has 0 saturated carbocycles. The molecule has 570 valence electrons. The van der Waals surface area contributed by atoms with Gasteiger partial charge in [-0.1, -0.05) is 128 Å². The Morgan fingerprint density at radius 1 is 0.315 bits per heavy atom. The number of thiocarbonyl (C=S) groups is 3. The second-order valence-corrected chi connectivity index (χ2v) is 28.2. The Morgan fingerprint density at radius 2 is 0.574 bits per heavy atom. The van der Waals surface area contributed by atoms with E-state index >= 15 is 0 Å². The predicted molar refractivity (Wildman–Crippen MR) is 395 cm³/mol. The molecule has 3 fully saturated rings. The normalized spacial score (nSPS) is 24.1. The highest BCUT2D eigenvalue weighted by Gasteiger charge is 2.48. The van der Waals surface area contributed by atoms with Crippen LogP contribution in [0, 0.1) is 0 Å². The average molecular weight is 1540 g/mol. The molecule has 15 atom stereocenters. The van der Waals surface area contributed by atoms with Crippen LogP contribution in [0.2, 0.25) is 0 Å². The molecule has 7 aromatic carbocycles. The summed E-state index contributed by atoms with van der Waals surface area (Å²) < 4.78 is 35.1. The summed E-state index contributed by atoms with van der Waals surface area (Å²) in [5.41, 5.74) is 4.92. The van der Waals surface area contributed by atoms with E-state index in [1.54, 1.807) is 91.0 Å². The van der Waals surface area contributed by atoms with Crippen LogP contribution in [0.15, 0.2) is 146 Å². The lowest BCUT2D eigenvalue weighted by Crippen LogP contribution is -2.60. The molecule has 3 aliphatic rings. The highest BCUT2D eigenvalue weighted by molar-refractivity contribution is 7.80. The topological polar surface area (TPSA) is 461 Å². The monoisotopic (exact) mass is 1540 g/mol. The molecule has 0 bridgehead atoms. The van der Waals surface area contributed by atoms with Gasteiger partial charge >= 0.3 is 17.9 Å². The summed E-state index contributed by atoms with van der Waals surface area (Å²) in [5, 5.41) is 154. The fourth-order valence-corrected chi connectivity index (χ4v) is 13.8. The van der Waals surface area contributed by atoms with Crippen molar-refractivity contribution >= 4 is 86.5 Å². The number of Topliss-reactive ketones (excluding diaryl/α,β-unsaturated/α-hetero) is 3. The van der Waals surface area contributed by atoms with Crippen LogP contribution in [-0.2, 0) is 67.1 Å². The van der Waals surface area contributed by atoms with Crippen molar-refractivity contribution in [2.24, 2.45) is 0 Å². The number of carboxylic acids is 3. The van der Waals surface area contributed by atoms with Gasteiger partial charge in [-0.25, -0.2) is 0 Å². The first-order valence-corrected chi connectivity index (χ1v) is 35.2. The quantitative estimate of drug-likeness (QED) is 0.0206. The Bertz CT molecular complexity index is 4060. The zero-order chi connectivity index (χ0) is 77.9. The lowest BCUT2D eigenvalue weighted by Gasteiger charge is -2.39. The van der Waals surface area contributed by atoms with Crippen molar-refractivity contribution < 1.29 is 134 Å². The minimum atomic E-state index is -1.81. The van der Waals surface area contributed by atoms with Gasteiger partial charge in [0.25, 0.3) is 0 Å². The van der Waals surface area contributed by atoms with Gasteiger partial charge in [-0.15, -0.1) is 0 Å². The van der Waals surface area contributed by atoms with E-state index < -0.39 is 147 Å². The van der Waals surface area contributed by atoms with Crippen molar-refractivity contribution in [3.05, 3.63) is 196 Å². The predicted octanol–water partition coefficient (Wildman–Crippen LogP) is 3.66. The maximum Gasteiger partial charge on any atom is 0.307 e. The molecule has 0 aliphatic carbocycles. The molecule has 108 heavy (non-hydrogen) atoms. The molecule has 7 aromatic rings. The Morgan fingerprint density at radius 3 is 0.815 bits per heavy atom. The summed E-state index contributed by atoms with van der Waals surface area (Å²) in [6.07, 6.45) is -26.9. The number of aliphatic hydroxyl groups is 12. The smallest absolute Gasteiger partial charge is 0.307 e. The molecule has 3 saturated heterocycles. The second-order valence-electron chi connectivity index (χ2n) is 26.5. The molecular weight excluding hydrogens is 1470 g/mol. The number of ketones is 3. The van der Waals surface area contributed by atoms with Crippen LogP contribution in [0.25, 0.3) is 33.4 Å². The van der Waals surface area contributed by atoms with Gasteiger partial charge in [0.15, 0.2) is 17.3 Å². The number of benzene rings is 7. The van der Waals surface area contributed by atoms with Gasteiger partial charge in [0.05, 0.1) is 39.1 Å². The Kier molecular flexibility index (Phi) is 27.6. The fourth-order valence-electron chi connectivity index (χ4n) is 12.9. The molecule has 30 heteroatoms. The molecule has 0 amide bonds. The third-order valence-electron chi connectivity index (χ3n) is 18.3. The number of aliphatic hydroxyl groups excluding tert-OH is 12. The van der Waals surface area contributed by atoms with Crippen LogP contribution in [0.1, 0.15) is 83.7 Å². The molecular formula is C78H78O27S3. The molecule has 3 heterocycles. The highest BCUT2D eigenvalue weighted by atomic mass is 32.1. The minimum Gasteiger partial charge on any atom is -0.481 e. The summed E-state index contributed by atoms with van der Waals surface area (Å²) in [5.74, 6) is -4.81. The standard InChI is InChI=1S/C78H78O27S3/c79-34-61-67(91)70(94)73(97)76(103-61)100-58-13-10-46(28-52(58)43-7-1-4-37(19-43)25-64(85)86)55(82)31-49(106)22-40-16-41(23-50(107)32-56(83)47-11-14-59(101-77-74(98)71(95)68(92)62(35-80)104-77)53(29-47)44-8-2-5-38(20-44)26-65(87)88)18-42(17-40)24-51(108)33-57(84)48-12-15-60(102-78-75(99)72(96)69(93)63(36-81)105-78)54(30-48)45-9-3-6-39(21-45)27-66(89)90/h1-21,28-30,61-63,67-81,91-99H,22-27,31-36H2,(H,85,86)(H,87,88)(H,89,90)/t61-,62-,63-,67-,68-,69-,70+,71+,72+,73+,74+,75+,76+,77+,78+/m1/s1. The molecule has 0 unspecified atom stereocenters. The summed E-state index contributed by atoms with van der Waals surface area (Å²) in [4.78, 5) is 79.5. The highest BCUT2D eigenvalue weighted by Crippen LogP contribution is 2.39. The molecule has 3 aliphatic heterocycles. The number of rotatable bonds is 33. The van der Waals surface area contributed by atoms with E-state index in [-0.39, 0.29) is 123 Å². The fraction of sp³-hybridized carbons (Fsp3) is 0.346. The van der Waals surface area contributed by atoms with Gasteiger partial charge in [0, 0.05) is 86.5 Å². The van der Waals surface area contributed by atoms with E-state index in [4.69, 9.17) is 65.1 Å². The van der Waals surface area contributed by atoms with Gasteiger partial charge < -0.3 is 105 Å². The number of carbonyl (C=O) groups is 6. The molecule has 0 spiro atoms. The number of hydrogen-bond acceptors (Lipinski definition) is 27. The van der Waals surface area contributed by atoms with Crippen molar-refractivity contribution in [1.82, 2.24) is 0 Å². The third kappa shape index (κ3) is 20.3. The number of aliphatic carboxylic acids is 3. The third-order valence-corrected chi connectivity index (χ3v) is 19.2. The maximum absolute atomic E-state index is 14.5. The summed E-state index contributed by atoms with van der Waals surface area (Å²) in [7, 11) is 0. The lowest BCUT2D eigenvalue weighted by molar-refractivity contribution is -0.277. The van der Waals surface area contributed by atoms with Gasteiger partial charge in [-0.05, 0) is 105 Å². The SMILES string of the molecule is O=C(O)Cc1cccc(-c2cc(C(=O)CC(=S)Cc3cc(CC(=S)CC(=O)c4ccc(O[C@H]5O[C@H](CO)[C@@H](O)[C@H](O)[C@@H]5O)c(-c5cccc(CC(=O)O)c5)c4)cc(CC(=S)CC(=O)c4ccc(O[C@H]5O[C@H](CO)[C@@H](O)[C@H](O)[C@@H]5O)c(-c5cccc(CC(=O)O)c5)c4)c3)ccc2O[C@H]2O[C@H](CO)[C@@H](O)[C@H](O)[C@@H]2O)c1. The van der Waals surface area contributed by atoms with Crippen LogP contribution in [0.5, 0.6) is 17.2 Å². The zero-order valence-electron chi connectivity index (χ0n) is 57.3. The van der Waals surface area contributed by atoms with E-state index in [9.17, 15) is 105 Å². The first-order chi connectivity index (χ1) is 51.5. The number of carbonyl (C=O) groups excluding carboxylic acids is 3. The number of ether oxygens (including phenoxy) is 6.